The Balaban J connectivity index is 2.05. The fourth-order valence-electron chi connectivity index (χ4n) is 4.03. The summed E-state index contributed by atoms with van der Waals surface area (Å²) < 4.78 is 15.2. The van der Waals surface area contributed by atoms with E-state index in [0.29, 0.717) is 16.9 Å². The second-order valence-electron chi connectivity index (χ2n) is 6.44. The van der Waals surface area contributed by atoms with Gasteiger partial charge in [-0.2, -0.15) is 4.98 Å². The number of nitrogens with two attached hydrogens (primary N) is 1. The molecule has 0 fully saturated rings. The van der Waals surface area contributed by atoms with E-state index in [1.54, 1.807) is 31.2 Å². The van der Waals surface area contributed by atoms with Crippen molar-refractivity contribution in [3.8, 4) is 11.3 Å². The third-order valence-corrected chi connectivity index (χ3v) is 5.19. The number of rotatable bonds is 3. The summed E-state index contributed by atoms with van der Waals surface area (Å²) in [6.45, 7) is 1.22. The van der Waals surface area contributed by atoms with E-state index in [9.17, 15) is 14.4 Å². The number of anilines is 1. The molecule has 1 aromatic carbocycles. The molecule has 0 unspecified atom stereocenters. The summed E-state index contributed by atoms with van der Waals surface area (Å²) in [6, 6.07) is 6.88. The number of methoxy groups -OCH3 is 2. The minimum absolute atomic E-state index is 0.0726. The fraction of sp³-hybridized carbons (Fsp3) is 0.263. The van der Waals surface area contributed by atoms with Crippen LogP contribution in [0.2, 0.25) is 0 Å². The number of esters is 2. The van der Waals surface area contributed by atoms with Crippen LogP contribution >= 0.6 is 0 Å². The van der Waals surface area contributed by atoms with Gasteiger partial charge in [-0.05, 0) is 12.5 Å². The van der Waals surface area contributed by atoms with Crippen molar-refractivity contribution in [3.63, 3.8) is 0 Å². The zero-order chi connectivity index (χ0) is 20.2. The molecule has 0 saturated carbocycles. The van der Waals surface area contributed by atoms with Gasteiger partial charge in [-0.25, -0.2) is 4.79 Å². The number of fused-ring (bicyclic) bond motifs is 5. The molecule has 4 rings (SSSR count). The third-order valence-electron chi connectivity index (χ3n) is 5.19. The molecule has 0 radical (unpaired) electrons. The number of hydrogen-bond donors (Lipinski definition) is 1. The molecule has 2 heterocycles. The number of carbonyl (C=O) groups is 3. The topological polar surface area (TPSA) is 125 Å². The lowest BCUT2D eigenvalue weighted by atomic mass is 9.74. The Kier molecular flexibility index (Phi) is 3.77. The second-order valence-corrected chi connectivity index (χ2v) is 6.44. The van der Waals surface area contributed by atoms with Gasteiger partial charge in [-0.15, -0.1) is 0 Å². The van der Waals surface area contributed by atoms with E-state index < -0.39 is 23.3 Å². The van der Waals surface area contributed by atoms with Crippen molar-refractivity contribution in [3.05, 3.63) is 46.8 Å². The quantitative estimate of drug-likeness (QED) is 0.778. The molecule has 2 aromatic rings. The molecule has 1 aliphatic carbocycles. The van der Waals surface area contributed by atoms with Crippen LogP contribution in [0.3, 0.4) is 0 Å². The van der Waals surface area contributed by atoms with Gasteiger partial charge in [0.1, 0.15) is 12.2 Å². The average molecular weight is 383 g/mol. The Bertz CT molecular complexity index is 1070. The van der Waals surface area contributed by atoms with E-state index in [1.807, 2.05) is 0 Å². The average Bonchev–Trinajstić information content (AvgIpc) is 3.27. The zero-order valence-electron chi connectivity index (χ0n) is 15.4. The van der Waals surface area contributed by atoms with Gasteiger partial charge >= 0.3 is 11.9 Å². The number of amides is 1. The number of allylic oxidation sites excluding steroid dienone is 1. The molecule has 1 aromatic heterocycles. The van der Waals surface area contributed by atoms with Crippen molar-refractivity contribution in [1.29, 1.82) is 0 Å². The third kappa shape index (κ3) is 2.01. The first kappa shape index (κ1) is 17.8. The van der Waals surface area contributed by atoms with Gasteiger partial charge in [-0.3, -0.25) is 9.59 Å². The molecule has 1 spiro atoms. The molecule has 2 N–H and O–H groups in total. The van der Waals surface area contributed by atoms with E-state index >= 15 is 0 Å². The highest BCUT2D eigenvalue weighted by Crippen LogP contribution is 2.57. The molecule has 0 saturated heterocycles. The number of aromatic nitrogens is 1. The fourth-order valence-corrected chi connectivity index (χ4v) is 4.03. The number of oxazole rings is 1. The molecular formula is C19H17N3O6. The Morgan fingerprint density at radius 2 is 1.96 bits per heavy atom. The summed E-state index contributed by atoms with van der Waals surface area (Å²) in [5.74, 6) is -1.53. The lowest BCUT2D eigenvalue weighted by Crippen LogP contribution is -2.43. The minimum Gasteiger partial charge on any atom is -0.468 e. The Morgan fingerprint density at radius 3 is 2.64 bits per heavy atom. The number of nitrogens with zero attached hydrogens (tertiary/aromatic N) is 2. The Hall–Kier alpha value is -3.62. The largest absolute Gasteiger partial charge is 0.468 e. The summed E-state index contributed by atoms with van der Waals surface area (Å²) in [6.07, 6.45) is 0. The zero-order valence-corrected chi connectivity index (χ0v) is 15.4. The van der Waals surface area contributed by atoms with Gasteiger partial charge in [0, 0.05) is 11.3 Å². The maximum Gasteiger partial charge on any atom is 0.337 e. The van der Waals surface area contributed by atoms with Gasteiger partial charge < -0.3 is 24.5 Å². The Morgan fingerprint density at radius 1 is 1.25 bits per heavy atom. The van der Waals surface area contributed by atoms with Crippen molar-refractivity contribution in [2.75, 3.05) is 26.5 Å². The lowest BCUT2D eigenvalue weighted by Gasteiger charge is -2.26. The smallest absolute Gasteiger partial charge is 0.337 e. The van der Waals surface area contributed by atoms with Crippen molar-refractivity contribution in [2.24, 2.45) is 0 Å². The van der Waals surface area contributed by atoms with E-state index in [2.05, 4.69) is 4.98 Å². The molecule has 0 bridgehead atoms. The monoisotopic (exact) mass is 383 g/mol. The van der Waals surface area contributed by atoms with Gasteiger partial charge in [0.05, 0.1) is 19.8 Å². The van der Waals surface area contributed by atoms with E-state index in [1.165, 1.54) is 19.1 Å². The number of carbonyl (C=O) groups excluding carboxylic acids is 3. The standard InChI is InChI=1S/C19H17N3O6/c1-9-13(16(24)27-3)19(17(25)22(9)8-12(23)26-2)11-7-5-4-6-10(11)14-15(19)21-18(20)28-14/h4-7H,8H2,1-3H3,(H2,20,21)/t19-/m0/s1. The molecule has 2 aliphatic rings. The van der Waals surface area contributed by atoms with Crippen LogP contribution in [0.25, 0.3) is 11.3 Å². The highest BCUT2D eigenvalue weighted by Gasteiger charge is 2.63. The van der Waals surface area contributed by atoms with Crippen LogP contribution in [0.1, 0.15) is 18.2 Å². The normalized spacial score (nSPS) is 19.8. The van der Waals surface area contributed by atoms with Crippen LogP contribution in [-0.4, -0.2) is 48.5 Å². The highest BCUT2D eigenvalue weighted by molar-refractivity contribution is 6.14. The van der Waals surface area contributed by atoms with Crippen molar-refractivity contribution in [2.45, 2.75) is 12.3 Å². The van der Waals surface area contributed by atoms with Gasteiger partial charge in [-0.1, -0.05) is 24.3 Å². The lowest BCUT2D eigenvalue weighted by molar-refractivity contribution is -0.146. The van der Waals surface area contributed by atoms with Crippen LogP contribution in [0.5, 0.6) is 0 Å². The molecule has 144 valence electrons. The first-order chi connectivity index (χ1) is 13.4. The highest BCUT2D eigenvalue weighted by atomic mass is 16.5. The maximum atomic E-state index is 13.7. The summed E-state index contributed by atoms with van der Waals surface area (Å²) >= 11 is 0. The van der Waals surface area contributed by atoms with Gasteiger partial charge in [0.15, 0.2) is 11.2 Å². The molecule has 1 aliphatic heterocycles. The first-order valence-electron chi connectivity index (χ1n) is 8.43. The van der Waals surface area contributed by atoms with Crippen LogP contribution in [0.15, 0.2) is 40.0 Å². The summed E-state index contributed by atoms with van der Waals surface area (Å²) in [5, 5.41) is 0. The van der Waals surface area contributed by atoms with E-state index in [4.69, 9.17) is 19.6 Å². The van der Waals surface area contributed by atoms with Crippen LogP contribution < -0.4 is 5.73 Å². The number of ether oxygens (including phenoxy) is 2. The molecular weight excluding hydrogens is 366 g/mol. The number of hydrogen-bond acceptors (Lipinski definition) is 8. The second kappa shape index (κ2) is 5.95. The first-order valence-corrected chi connectivity index (χ1v) is 8.43. The van der Waals surface area contributed by atoms with Gasteiger partial charge in [0.2, 0.25) is 5.91 Å². The predicted octanol–water partition coefficient (Wildman–Crippen LogP) is 0.985. The van der Waals surface area contributed by atoms with Crippen LogP contribution in [-0.2, 0) is 29.3 Å². The van der Waals surface area contributed by atoms with Crippen molar-refractivity contribution < 1.29 is 28.3 Å². The minimum atomic E-state index is -1.60. The van der Waals surface area contributed by atoms with Crippen LogP contribution in [0, 0.1) is 0 Å². The van der Waals surface area contributed by atoms with Crippen LogP contribution in [0.4, 0.5) is 6.01 Å². The summed E-state index contributed by atoms with van der Waals surface area (Å²) in [5.41, 5.74) is 5.85. The predicted molar refractivity (Wildman–Crippen MR) is 95.6 cm³/mol. The van der Waals surface area contributed by atoms with Crippen molar-refractivity contribution >= 4 is 23.9 Å². The van der Waals surface area contributed by atoms with E-state index in [-0.39, 0.29) is 29.5 Å². The molecule has 1 atom stereocenters. The SMILES string of the molecule is COC(=O)CN1C(=O)[C@]2(C(C(=O)OC)=C1C)c1ccccc1-c1oc(N)nc12. The number of benzene rings is 1. The maximum absolute atomic E-state index is 13.7. The summed E-state index contributed by atoms with van der Waals surface area (Å²) in [7, 11) is 2.45. The van der Waals surface area contributed by atoms with E-state index in [0.717, 1.165) is 0 Å². The molecule has 9 nitrogen and oxygen atoms in total. The number of nitrogen functional groups attached to an aromatic ring is 1. The van der Waals surface area contributed by atoms with Crippen molar-refractivity contribution in [1.82, 2.24) is 9.88 Å². The Labute approximate surface area is 159 Å². The summed E-state index contributed by atoms with van der Waals surface area (Å²) in [4.78, 5) is 43.8. The molecule has 9 heteroatoms. The molecule has 1 amide bonds. The molecule has 28 heavy (non-hydrogen) atoms. The van der Waals surface area contributed by atoms with Gasteiger partial charge in [0.25, 0.3) is 6.01 Å².